The lowest BCUT2D eigenvalue weighted by atomic mass is 9.79. The molecule has 2 unspecified atom stereocenters. The molecule has 0 bridgehead atoms. The van der Waals surface area contributed by atoms with E-state index in [0.717, 1.165) is 31.0 Å². The van der Waals surface area contributed by atoms with Gasteiger partial charge in [-0.3, -0.25) is 4.79 Å². The fourth-order valence-corrected chi connectivity index (χ4v) is 9.28. The Kier molecular flexibility index (Phi) is 14.1. The zero-order chi connectivity index (χ0) is 27.1. The van der Waals surface area contributed by atoms with Crippen LogP contribution in [0.1, 0.15) is 95.9 Å². The minimum atomic E-state index is -1.97. The van der Waals surface area contributed by atoms with Crippen LogP contribution in [0.5, 0.6) is 0 Å². The molecule has 0 spiro atoms. The predicted octanol–water partition coefficient (Wildman–Crippen LogP) is 8.06. The zero-order valence-corrected chi connectivity index (χ0v) is 27.2. The van der Waals surface area contributed by atoms with Gasteiger partial charge in [-0.05, 0) is 48.6 Å². The van der Waals surface area contributed by atoms with Crippen LogP contribution in [0.25, 0.3) is 0 Å². The average molecular weight is 517 g/mol. The van der Waals surface area contributed by atoms with Crippen molar-refractivity contribution < 1.29 is 18.8 Å². The Morgan fingerprint density at radius 3 is 1.65 bits per heavy atom. The number of Topliss-reactive ketones (excluding diaryl/α,β-unsaturated/α-hetero) is 1. The lowest BCUT2D eigenvalue weighted by Crippen LogP contribution is -2.50. The van der Waals surface area contributed by atoms with Gasteiger partial charge in [0.25, 0.3) is 0 Å². The molecule has 204 valence electrons. The molecule has 34 heavy (non-hydrogen) atoms. The number of aliphatic hydroxyl groups excluding tert-OH is 1. The van der Waals surface area contributed by atoms with Crippen LogP contribution < -0.4 is 0 Å². The molecule has 0 aliphatic rings. The summed E-state index contributed by atoms with van der Waals surface area (Å²) in [6.45, 7) is 30.4. The van der Waals surface area contributed by atoms with Crippen molar-refractivity contribution >= 4 is 22.4 Å². The second-order valence-corrected chi connectivity index (χ2v) is 21.8. The van der Waals surface area contributed by atoms with Gasteiger partial charge in [0.05, 0.1) is 12.2 Å². The van der Waals surface area contributed by atoms with Gasteiger partial charge in [0.15, 0.2) is 16.6 Å². The maximum Gasteiger partial charge on any atom is 0.192 e. The first-order valence-electron chi connectivity index (χ1n) is 14.1. The first-order chi connectivity index (χ1) is 15.5. The normalized spacial score (nSPS) is 19.7. The van der Waals surface area contributed by atoms with Crippen molar-refractivity contribution in [1.29, 1.82) is 0 Å². The second kappa shape index (κ2) is 14.1. The molecular formula is C28H60O4Si2. The molecule has 0 aromatic heterocycles. The van der Waals surface area contributed by atoms with E-state index >= 15 is 0 Å². The molecule has 0 saturated carbocycles. The number of aliphatic hydroxyl groups is 1. The first kappa shape index (κ1) is 34.0. The maximum atomic E-state index is 13.7. The second-order valence-electron chi connectivity index (χ2n) is 12.4. The Hall–Kier alpha value is -0.0162. The standard InChI is InChI=1S/C28H60O4Si2/c1-15-20(6)27(32-34(17-3,18-4)19-5)23(9)26(30)22(8)25(29)21(7)24(16-2)31-33(13,14)28(10,11)12/h20-25,27,29H,15-19H2,1-14H3/t20-,21-,22?,23-,24+,25?,27+/m0/s1. The van der Waals surface area contributed by atoms with E-state index in [2.05, 4.69) is 75.4 Å². The monoisotopic (exact) mass is 516 g/mol. The van der Waals surface area contributed by atoms with Crippen molar-refractivity contribution in [3.63, 3.8) is 0 Å². The molecular weight excluding hydrogens is 456 g/mol. The quantitative estimate of drug-likeness (QED) is 0.211. The lowest BCUT2D eigenvalue weighted by molar-refractivity contribution is -0.135. The van der Waals surface area contributed by atoms with Gasteiger partial charge in [0.1, 0.15) is 5.78 Å². The summed E-state index contributed by atoms with van der Waals surface area (Å²) in [5, 5.41) is 11.4. The van der Waals surface area contributed by atoms with Crippen molar-refractivity contribution in [3.05, 3.63) is 0 Å². The molecule has 6 heteroatoms. The van der Waals surface area contributed by atoms with E-state index in [0.29, 0.717) is 5.92 Å². The van der Waals surface area contributed by atoms with E-state index in [1.807, 2.05) is 20.8 Å². The van der Waals surface area contributed by atoms with E-state index in [1.54, 1.807) is 0 Å². The average Bonchev–Trinajstić information content (AvgIpc) is 2.80. The van der Waals surface area contributed by atoms with Crippen molar-refractivity contribution in [2.24, 2.45) is 23.7 Å². The summed E-state index contributed by atoms with van der Waals surface area (Å²) in [7, 11) is -3.82. The van der Waals surface area contributed by atoms with Crippen LogP contribution in [-0.2, 0) is 13.6 Å². The molecule has 0 fully saturated rings. The highest BCUT2D eigenvalue weighted by Crippen LogP contribution is 2.39. The van der Waals surface area contributed by atoms with Crippen molar-refractivity contribution in [2.45, 2.75) is 151 Å². The number of carbonyl (C=O) groups excluding carboxylic acids is 1. The third-order valence-electron chi connectivity index (χ3n) is 9.21. The summed E-state index contributed by atoms with van der Waals surface area (Å²) in [6.07, 6.45) is 0.947. The Morgan fingerprint density at radius 1 is 0.824 bits per heavy atom. The van der Waals surface area contributed by atoms with Crippen molar-refractivity contribution in [1.82, 2.24) is 0 Å². The Morgan fingerprint density at radius 2 is 1.29 bits per heavy atom. The fourth-order valence-electron chi connectivity index (χ4n) is 4.77. The molecule has 0 rings (SSSR count). The number of carbonyl (C=O) groups is 1. The molecule has 0 aromatic rings. The summed E-state index contributed by atoms with van der Waals surface area (Å²) >= 11 is 0. The predicted molar refractivity (Wildman–Crippen MR) is 152 cm³/mol. The highest BCUT2D eigenvalue weighted by atomic mass is 28.4. The van der Waals surface area contributed by atoms with Gasteiger partial charge in [0.2, 0.25) is 0 Å². The summed E-state index contributed by atoms with van der Waals surface area (Å²) < 4.78 is 13.6. The largest absolute Gasteiger partial charge is 0.414 e. The van der Waals surface area contributed by atoms with Crippen molar-refractivity contribution in [2.75, 3.05) is 0 Å². The van der Waals surface area contributed by atoms with Crippen LogP contribution >= 0.6 is 0 Å². The van der Waals surface area contributed by atoms with Crippen LogP contribution in [0.4, 0.5) is 0 Å². The van der Waals surface area contributed by atoms with E-state index in [4.69, 9.17) is 8.85 Å². The topological polar surface area (TPSA) is 55.8 Å². The molecule has 0 aromatic carbocycles. The summed E-state index contributed by atoms with van der Waals surface area (Å²) in [4.78, 5) is 13.7. The fraction of sp³-hybridized carbons (Fsp3) is 0.964. The molecule has 7 atom stereocenters. The Balaban J connectivity index is 5.72. The van der Waals surface area contributed by atoms with Crippen LogP contribution in [0.2, 0.25) is 36.3 Å². The number of hydrogen-bond acceptors (Lipinski definition) is 4. The van der Waals surface area contributed by atoms with Gasteiger partial charge in [-0.25, -0.2) is 0 Å². The van der Waals surface area contributed by atoms with Gasteiger partial charge >= 0.3 is 0 Å². The number of ketones is 1. The molecule has 1 N–H and O–H groups in total. The Bertz CT molecular complexity index is 589. The van der Waals surface area contributed by atoms with E-state index in [9.17, 15) is 9.90 Å². The third kappa shape index (κ3) is 8.53. The van der Waals surface area contributed by atoms with Gasteiger partial charge < -0.3 is 14.0 Å². The van der Waals surface area contributed by atoms with Crippen LogP contribution in [-0.4, -0.2) is 45.8 Å². The maximum absolute atomic E-state index is 13.7. The molecule has 0 heterocycles. The molecule has 0 aliphatic heterocycles. The van der Waals surface area contributed by atoms with E-state index in [-0.39, 0.29) is 34.9 Å². The summed E-state index contributed by atoms with van der Waals surface area (Å²) in [5.74, 6) is -0.355. The van der Waals surface area contributed by atoms with Gasteiger partial charge in [-0.1, -0.05) is 89.5 Å². The lowest BCUT2D eigenvalue weighted by Gasteiger charge is -2.42. The molecule has 4 nitrogen and oxygen atoms in total. The van der Waals surface area contributed by atoms with Crippen LogP contribution in [0.15, 0.2) is 0 Å². The van der Waals surface area contributed by atoms with Crippen molar-refractivity contribution in [3.8, 4) is 0 Å². The SMILES string of the molecule is CC[C@H](C)[C@@H](O[Si](CC)(CC)CC)[C@@H](C)C(=O)C(C)C(O)[C@@H](C)[C@@H](CC)O[Si](C)(C)C(C)(C)C. The van der Waals surface area contributed by atoms with Gasteiger partial charge in [0, 0.05) is 23.9 Å². The molecule has 0 amide bonds. The summed E-state index contributed by atoms with van der Waals surface area (Å²) in [5.41, 5.74) is 0. The number of rotatable bonds is 16. The van der Waals surface area contributed by atoms with Crippen LogP contribution in [0, 0.1) is 23.7 Å². The van der Waals surface area contributed by atoms with Gasteiger partial charge in [-0.2, -0.15) is 0 Å². The van der Waals surface area contributed by atoms with E-state index < -0.39 is 28.7 Å². The molecule has 0 radical (unpaired) electrons. The van der Waals surface area contributed by atoms with Gasteiger partial charge in [-0.15, -0.1) is 0 Å². The zero-order valence-electron chi connectivity index (χ0n) is 25.2. The Labute approximate surface area is 215 Å². The highest BCUT2D eigenvalue weighted by molar-refractivity contribution is 6.74. The van der Waals surface area contributed by atoms with Crippen LogP contribution in [0.3, 0.4) is 0 Å². The molecule has 0 aliphatic carbocycles. The number of hydrogen-bond donors (Lipinski definition) is 1. The minimum absolute atomic E-state index is 0.0524. The third-order valence-corrected chi connectivity index (χ3v) is 18.3. The summed E-state index contributed by atoms with van der Waals surface area (Å²) in [6, 6.07) is 3.23. The highest BCUT2D eigenvalue weighted by Gasteiger charge is 2.43. The minimum Gasteiger partial charge on any atom is -0.414 e. The molecule has 0 saturated heterocycles. The van der Waals surface area contributed by atoms with E-state index in [1.165, 1.54) is 0 Å². The smallest absolute Gasteiger partial charge is 0.192 e. The first-order valence-corrected chi connectivity index (χ1v) is 19.5.